The third-order valence-corrected chi connectivity index (χ3v) is 2.97. The molecule has 0 radical (unpaired) electrons. The van der Waals surface area contributed by atoms with Crippen molar-refractivity contribution in [3.05, 3.63) is 18.3 Å². The summed E-state index contributed by atoms with van der Waals surface area (Å²) in [6.45, 7) is 0.819. The van der Waals surface area contributed by atoms with Crippen LogP contribution in [0.15, 0.2) is 18.3 Å². The fourth-order valence-corrected chi connectivity index (χ4v) is 1.53. The van der Waals surface area contributed by atoms with E-state index >= 15 is 0 Å². The van der Waals surface area contributed by atoms with E-state index in [4.69, 9.17) is 9.47 Å². The Balaban J connectivity index is 1.83. The Hall–Kier alpha value is -1.62. The number of anilines is 1. The molecule has 2 rings (SSSR count). The van der Waals surface area contributed by atoms with Crippen molar-refractivity contribution in [3.63, 3.8) is 0 Å². The predicted molar refractivity (Wildman–Crippen MR) is 67.7 cm³/mol. The number of carbonyl (C=O) groups is 1. The van der Waals surface area contributed by atoms with Crippen LogP contribution in [0.25, 0.3) is 0 Å². The van der Waals surface area contributed by atoms with Crippen molar-refractivity contribution >= 4 is 11.6 Å². The summed E-state index contributed by atoms with van der Waals surface area (Å²) in [5.74, 6) is 1.14. The van der Waals surface area contributed by atoms with E-state index in [0.29, 0.717) is 18.4 Å². The van der Waals surface area contributed by atoms with Crippen molar-refractivity contribution in [2.24, 2.45) is 5.92 Å². The maximum Gasteiger partial charge on any atom is 0.252 e. The van der Waals surface area contributed by atoms with E-state index in [1.54, 1.807) is 37.4 Å². The van der Waals surface area contributed by atoms with Crippen molar-refractivity contribution in [1.29, 1.82) is 0 Å². The highest BCUT2D eigenvalue weighted by molar-refractivity contribution is 5.93. The minimum Gasteiger partial charge on any atom is -0.481 e. The van der Waals surface area contributed by atoms with Crippen LogP contribution < -0.4 is 9.64 Å². The van der Waals surface area contributed by atoms with E-state index in [1.165, 1.54) is 12.8 Å². The molecule has 1 aromatic rings. The first-order valence-corrected chi connectivity index (χ1v) is 6.05. The molecule has 1 fully saturated rings. The van der Waals surface area contributed by atoms with Crippen LogP contribution in [-0.4, -0.2) is 38.3 Å². The summed E-state index contributed by atoms with van der Waals surface area (Å²) in [5, 5.41) is 0. The van der Waals surface area contributed by atoms with Gasteiger partial charge in [0, 0.05) is 13.1 Å². The van der Waals surface area contributed by atoms with Crippen LogP contribution >= 0.6 is 0 Å². The van der Waals surface area contributed by atoms with Crippen molar-refractivity contribution in [1.82, 2.24) is 4.98 Å². The molecule has 1 saturated carbocycles. The number of amides is 1. The molecule has 0 aliphatic heterocycles. The summed E-state index contributed by atoms with van der Waals surface area (Å²) in [5.41, 5.74) is 0.732. The highest BCUT2D eigenvalue weighted by atomic mass is 16.5. The lowest BCUT2D eigenvalue weighted by Crippen LogP contribution is -2.30. The summed E-state index contributed by atoms with van der Waals surface area (Å²) in [6, 6.07) is 3.52. The van der Waals surface area contributed by atoms with Gasteiger partial charge in [-0.1, -0.05) is 0 Å². The van der Waals surface area contributed by atoms with Gasteiger partial charge in [-0.3, -0.25) is 4.79 Å². The number of pyridine rings is 1. The number of rotatable bonds is 6. The van der Waals surface area contributed by atoms with Crippen molar-refractivity contribution in [3.8, 4) is 5.88 Å². The molecule has 1 heterocycles. The van der Waals surface area contributed by atoms with Gasteiger partial charge >= 0.3 is 0 Å². The van der Waals surface area contributed by atoms with Gasteiger partial charge in [-0.25, -0.2) is 4.98 Å². The molecule has 0 atom stereocenters. The molecule has 0 bridgehead atoms. The average molecular weight is 250 g/mol. The van der Waals surface area contributed by atoms with Gasteiger partial charge in [0.25, 0.3) is 5.91 Å². The van der Waals surface area contributed by atoms with E-state index in [1.807, 2.05) is 0 Å². The first kappa shape index (κ1) is 12.8. The van der Waals surface area contributed by atoms with Crippen molar-refractivity contribution < 1.29 is 14.3 Å². The second-order valence-electron chi connectivity index (χ2n) is 4.47. The highest BCUT2D eigenvalue weighted by Crippen LogP contribution is 2.28. The molecule has 1 aromatic heterocycles. The van der Waals surface area contributed by atoms with Gasteiger partial charge in [0.1, 0.15) is 6.61 Å². The number of ether oxygens (including phenoxy) is 2. The normalized spacial score (nSPS) is 14.3. The topological polar surface area (TPSA) is 51.7 Å². The Morgan fingerprint density at radius 3 is 2.83 bits per heavy atom. The van der Waals surface area contributed by atoms with Crippen molar-refractivity contribution in [2.75, 3.05) is 32.3 Å². The lowest BCUT2D eigenvalue weighted by atomic mass is 10.3. The van der Waals surface area contributed by atoms with E-state index in [2.05, 4.69) is 4.98 Å². The molecule has 0 N–H and O–H groups in total. The average Bonchev–Trinajstić information content (AvgIpc) is 3.22. The molecule has 0 spiro atoms. The predicted octanol–water partition coefficient (Wildman–Crippen LogP) is 1.48. The van der Waals surface area contributed by atoms with E-state index in [0.717, 1.165) is 5.69 Å². The third-order valence-electron chi connectivity index (χ3n) is 2.97. The molecule has 0 aromatic carbocycles. The number of hydrogen-bond donors (Lipinski definition) is 0. The zero-order valence-corrected chi connectivity index (χ0v) is 10.8. The first-order chi connectivity index (χ1) is 8.70. The molecule has 98 valence electrons. The Kier molecular flexibility index (Phi) is 4.15. The molecule has 5 heteroatoms. The molecule has 0 unspecified atom stereocenters. The lowest BCUT2D eigenvalue weighted by molar-refractivity contribution is -0.122. The Morgan fingerprint density at radius 1 is 1.50 bits per heavy atom. The quantitative estimate of drug-likeness (QED) is 0.767. The number of aromatic nitrogens is 1. The SMILES string of the molecule is COc1ccc(N(C)C(=O)COCC2CC2)cn1. The maximum absolute atomic E-state index is 11.8. The van der Waals surface area contributed by atoms with Gasteiger partial charge in [0.2, 0.25) is 5.88 Å². The Bertz CT molecular complexity index is 401. The lowest BCUT2D eigenvalue weighted by Gasteiger charge is -2.17. The van der Waals surface area contributed by atoms with E-state index < -0.39 is 0 Å². The number of methoxy groups -OCH3 is 1. The number of carbonyl (C=O) groups excluding carboxylic acids is 1. The first-order valence-electron chi connectivity index (χ1n) is 6.05. The van der Waals surface area contributed by atoms with E-state index in [-0.39, 0.29) is 12.5 Å². The van der Waals surface area contributed by atoms with Crippen LogP contribution in [0.5, 0.6) is 5.88 Å². The fraction of sp³-hybridized carbons (Fsp3) is 0.538. The number of hydrogen-bond acceptors (Lipinski definition) is 4. The van der Waals surface area contributed by atoms with E-state index in [9.17, 15) is 4.79 Å². The summed E-state index contributed by atoms with van der Waals surface area (Å²) in [7, 11) is 3.27. The summed E-state index contributed by atoms with van der Waals surface area (Å²) < 4.78 is 10.3. The van der Waals surface area contributed by atoms with Crippen LogP contribution in [-0.2, 0) is 9.53 Å². The van der Waals surface area contributed by atoms with Gasteiger partial charge in [0.05, 0.1) is 25.6 Å². The minimum atomic E-state index is -0.0670. The minimum absolute atomic E-state index is 0.0670. The molecule has 1 amide bonds. The molecule has 1 aliphatic rings. The second-order valence-corrected chi connectivity index (χ2v) is 4.47. The Labute approximate surface area is 107 Å². The fourth-order valence-electron chi connectivity index (χ4n) is 1.53. The summed E-state index contributed by atoms with van der Waals surface area (Å²) in [6.07, 6.45) is 4.07. The van der Waals surface area contributed by atoms with Crippen LogP contribution in [0.1, 0.15) is 12.8 Å². The maximum atomic E-state index is 11.8. The van der Waals surface area contributed by atoms with Gasteiger partial charge in [-0.2, -0.15) is 0 Å². The molecular formula is C13H18N2O3. The molecule has 1 aliphatic carbocycles. The zero-order valence-electron chi connectivity index (χ0n) is 10.8. The van der Waals surface area contributed by atoms with Gasteiger partial charge in [-0.05, 0) is 24.8 Å². The third kappa shape index (κ3) is 3.43. The highest BCUT2D eigenvalue weighted by Gasteiger charge is 2.22. The summed E-state index contributed by atoms with van der Waals surface area (Å²) >= 11 is 0. The van der Waals surface area contributed by atoms with Crippen LogP contribution in [0.3, 0.4) is 0 Å². The van der Waals surface area contributed by atoms with Crippen LogP contribution in [0, 0.1) is 5.92 Å². The zero-order chi connectivity index (χ0) is 13.0. The monoisotopic (exact) mass is 250 g/mol. The van der Waals surface area contributed by atoms with Gasteiger partial charge < -0.3 is 14.4 Å². The van der Waals surface area contributed by atoms with Crippen LogP contribution in [0.2, 0.25) is 0 Å². The molecule has 5 nitrogen and oxygen atoms in total. The Morgan fingerprint density at radius 2 is 2.28 bits per heavy atom. The van der Waals surface area contributed by atoms with Gasteiger partial charge in [0.15, 0.2) is 0 Å². The van der Waals surface area contributed by atoms with Crippen molar-refractivity contribution in [2.45, 2.75) is 12.8 Å². The molecule has 18 heavy (non-hydrogen) atoms. The number of likely N-dealkylation sites (N-methyl/N-ethyl adjacent to an activating group) is 1. The standard InChI is InChI=1S/C13H18N2O3/c1-15(11-5-6-12(17-2)14-7-11)13(16)9-18-8-10-3-4-10/h5-7,10H,3-4,8-9H2,1-2H3. The molecule has 0 saturated heterocycles. The number of nitrogens with zero attached hydrogens (tertiary/aromatic N) is 2. The second kappa shape index (κ2) is 5.82. The van der Waals surface area contributed by atoms with Crippen LogP contribution in [0.4, 0.5) is 5.69 Å². The smallest absolute Gasteiger partial charge is 0.252 e. The molecular weight excluding hydrogens is 232 g/mol. The largest absolute Gasteiger partial charge is 0.481 e. The summed E-state index contributed by atoms with van der Waals surface area (Å²) in [4.78, 5) is 17.4. The van der Waals surface area contributed by atoms with Gasteiger partial charge in [-0.15, -0.1) is 0 Å².